The minimum Gasteiger partial charge on any atom is -0.497 e. The molecule has 1 aliphatic heterocycles. The average molecular weight is 327 g/mol. The second-order valence-electron chi connectivity index (χ2n) is 6.53. The number of rotatable bonds is 3. The highest BCUT2D eigenvalue weighted by atomic mass is 16.5. The molecule has 2 nitrogen and oxygen atoms in total. The minimum atomic E-state index is -0.286. The summed E-state index contributed by atoms with van der Waals surface area (Å²) in [5.74, 6) is 0.857. The van der Waals surface area contributed by atoms with Crippen LogP contribution in [-0.4, -0.2) is 7.11 Å². The maximum atomic E-state index is 5.44. The summed E-state index contributed by atoms with van der Waals surface area (Å²) in [5.41, 5.74) is 5.69. The van der Waals surface area contributed by atoms with Gasteiger partial charge in [-0.1, -0.05) is 60.7 Å². The third kappa shape index (κ3) is 2.80. The van der Waals surface area contributed by atoms with E-state index < -0.39 is 0 Å². The fraction of sp³-hybridized carbons (Fsp3) is 0.130. The molecule has 0 aliphatic carbocycles. The molecule has 0 saturated heterocycles. The molecule has 3 aromatic rings. The molecule has 1 atom stereocenters. The van der Waals surface area contributed by atoms with Crippen molar-refractivity contribution in [3.8, 4) is 5.75 Å². The predicted octanol–water partition coefficient (Wildman–Crippen LogP) is 5.47. The van der Waals surface area contributed by atoms with E-state index in [2.05, 4.69) is 91.1 Å². The zero-order valence-electron chi connectivity index (χ0n) is 14.5. The Morgan fingerprint density at radius 1 is 0.840 bits per heavy atom. The highest BCUT2D eigenvalue weighted by Crippen LogP contribution is 2.42. The van der Waals surface area contributed by atoms with Crippen molar-refractivity contribution in [2.24, 2.45) is 0 Å². The summed E-state index contributed by atoms with van der Waals surface area (Å²) in [6.07, 6.45) is 2.33. The molecule has 1 unspecified atom stereocenters. The van der Waals surface area contributed by atoms with Crippen molar-refractivity contribution in [2.75, 3.05) is 12.4 Å². The molecule has 0 fully saturated rings. The summed E-state index contributed by atoms with van der Waals surface area (Å²) < 4.78 is 5.44. The number of methoxy groups -OCH3 is 1. The number of benzene rings is 3. The Morgan fingerprint density at radius 3 is 2.20 bits per heavy atom. The molecule has 0 bridgehead atoms. The first-order valence-electron chi connectivity index (χ1n) is 8.50. The first kappa shape index (κ1) is 15.5. The molecule has 1 aliphatic rings. The van der Waals surface area contributed by atoms with Crippen LogP contribution >= 0.6 is 0 Å². The number of hydrogen-bond acceptors (Lipinski definition) is 2. The van der Waals surface area contributed by atoms with Crippen LogP contribution in [0, 0.1) is 0 Å². The first-order chi connectivity index (χ1) is 12.2. The second kappa shape index (κ2) is 6.14. The van der Waals surface area contributed by atoms with Crippen molar-refractivity contribution in [3.63, 3.8) is 0 Å². The van der Waals surface area contributed by atoms with E-state index in [1.54, 1.807) is 7.11 Å². The molecule has 4 rings (SSSR count). The van der Waals surface area contributed by atoms with Gasteiger partial charge in [-0.2, -0.15) is 0 Å². The van der Waals surface area contributed by atoms with Gasteiger partial charge in [0.05, 0.1) is 12.6 Å². The van der Waals surface area contributed by atoms with Crippen molar-refractivity contribution >= 4 is 11.3 Å². The third-order valence-electron chi connectivity index (χ3n) is 4.80. The highest BCUT2D eigenvalue weighted by molar-refractivity contribution is 5.90. The maximum Gasteiger partial charge on any atom is 0.120 e. The van der Waals surface area contributed by atoms with Crippen LogP contribution in [0.3, 0.4) is 0 Å². The van der Waals surface area contributed by atoms with Gasteiger partial charge in [0.2, 0.25) is 0 Å². The Bertz CT molecular complexity index is 915. The molecule has 0 aromatic heterocycles. The molecule has 25 heavy (non-hydrogen) atoms. The van der Waals surface area contributed by atoms with Crippen molar-refractivity contribution in [3.05, 3.63) is 102 Å². The maximum absolute atomic E-state index is 5.44. The van der Waals surface area contributed by atoms with Gasteiger partial charge < -0.3 is 10.1 Å². The van der Waals surface area contributed by atoms with E-state index in [1.165, 1.54) is 22.3 Å². The number of anilines is 1. The molecule has 0 spiro atoms. The van der Waals surface area contributed by atoms with Crippen LogP contribution in [0.1, 0.15) is 23.6 Å². The molecule has 0 saturated carbocycles. The van der Waals surface area contributed by atoms with E-state index in [9.17, 15) is 0 Å². The Kier molecular flexibility index (Phi) is 3.81. The zero-order valence-corrected chi connectivity index (χ0v) is 14.5. The predicted molar refractivity (Wildman–Crippen MR) is 104 cm³/mol. The molecule has 0 radical (unpaired) electrons. The summed E-state index contributed by atoms with van der Waals surface area (Å²) in [6.45, 7) is 2.22. The van der Waals surface area contributed by atoms with Crippen LogP contribution in [-0.2, 0) is 5.54 Å². The zero-order chi connectivity index (χ0) is 17.3. The lowest BCUT2D eigenvalue weighted by atomic mass is 9.82. The standard InChI is InChI=1S/C23H21NO/c1-23(18-11-7-4-8-12-18)16-21(17-9-5-3-6-10-17)20-14-13-19(25-2)15-22(20)24-23/h3-16,24H,1-2H3. The summed E-state index contributed by atoms with van der Waals surface area (Å²) >= 11 is 0. The van der Waals surface area contributed by atoms with Crippen LogP contribution in [0.15, 0.2) is 84.9 Å². The smallest absolute Gasteiger partial charge is 0.120 e. The van der Waals surface area contributed by atoms with Gasteiger partial charge in [0, 0.05) is 17.3 Å². The summed E-state index contributed by atoms with van der Waals surface area (Å²) in [7, 11) is 1.70. The van der Waals surface area contributed by atoms with Gasteiger partial charge >= 0.3 is 0 Å². The Balaban J connectivity index is 1.92. The van der Waals surface area contributed by atoms with Crippen molar-refractivity contribution in [2.45, 2.75) is 12.5 Å². The van der Waals surface area contributed by atoms with Crippen LogP contribution in [0.2, 0.25) is 0 Å². The SMILES string of the molecule is COc1ccc2c(c1)NC(C)(c1ccccc1)C=C2c1ccccc1. The molecule has 1 heterocycles. The third-order valence-corrected chi connectivity index (χ3v) is 4.80. The second-order valence-corrected chi connectivity index (χ2v) is 6.53. The van der Waals surface area contributed by atoms with E-state index in [0.29, 0.717) is 0 Å². The van der Waals surface area contributed by atoms with E-state index in [-0.39, 0.29) is 5.54 Å². The van der Waals surface area contributed by atoms with E-state index >= 15 is 0 Å². The number of nitrogens with one attached hydrogen (secondary N) is 1. The van der Waals surface area contributed by atoms with Crippen LogP contribution in [0.25, 0.3) is 5.57 Å². The lowest BCUT2D eigenvalue weighted by molar-refractivity contribution is 0.415. The van der Waals surface area contributed by atoms with E-state index in [0.717, 1.165) is 11.4 Å². The summed E-state index contributed by atoms with van der Waals surface area (Å²) in [6, 6.07) is 27.3. The normalized spacial score (nSPS) is 18.7. The molecule has 1 N–H and O–H groups in total. The van der Waals surface area contributed by atoms with Crippen LogP contribution in [0.4, 0.5) is 5.69 Å². The van der Waals surface area contributed by atoms with Gasteiger partial charge in [0.15, 0.2) is 0 Å². The van der Waals surface area contributed by atoms with Gasteiger partial charge in [0.25, 0.3) is 0 Å². The molecule has 2 heteroatoms. The quantitative estimate of drug-likeness (QED) is 0.689. The average Bonchev–Trinajstić information content (AvgIpc) is 2.68. The Labute approximate surface area is 148 Å². The van der Waals surface area contributed by atoms with Gasteiger partial charge in [-0.3, -0.25) is 0 Å². The molecular weight excluding hydrogens is 306 g/mol. The van der Waals surface area contributed by atoms with Crippen molar-refractivity contribution in [1.82, 2.24) is 0 Å². The molecule has 3 aromatic carbocycles. The van der Waals surface area contributed by atoms with Gasteiger partial charge in [-0.25, -0.2) is 0 Å². The van der Waals surface area contributed by atoms with E-state index in [4.69, 9.17) is 4.74 Å². The summed E-state index contributed by atoms with van der Waals surface area (Å²) in [4.78, 5) is 0. The largest absolute Gasteiger partial charge is 0.497 e. The van der Waals surface area contributed by atoms with Crippen molar-refractivity contribution in [1.29, 1.82) is 0 Å². The number of ether oxygens (including phenoxy) is 1. The fourth-order valence-electron chi connectivity index (χ4n) is 3.47. The molecule has 124 valence electrons. The molecule has 0 amide bonds. The first-order valence-corrected chi connectivity index (χ1v) is 8.50. The van der Waals surface area contributed by atoms with Crippen molar-refractivity contribution < 1.29 is 4.74 Å². The van der Waals surface area contributed by atoms with Gasteiger partial charge in [0.1, 0.15) is 5.75 Å². The molecular formula is C23H21NO. The monoisotopic (exact) mass is 327 g/mol. The Morgan fingerprint density at radius 2 is 1.52 bits per heavy atom. The number of hydrogen-bond donors (Lipinski definition) is 1. The van der Waals surface area contributed by atoms with E-state index in [1.807, 2.05) is 6.07 Å². The van der Waals surface area contributed by atoms with Crippen LogP contribution < -0.4 is 10.1 Å². The highest BCUT2D eigenvalue weighted by Gasteiger charge is 2.30. The Hall–Kier alpha value is -3.00. The topological polar surface area (TPSA) is 21.3 Å². The van der Waals surface area contributed by atoms with Gasteiger partial charge in [-0.05, 0) is 41.8 Å². The summed E-state index contributed by atoms with van der Waals surface area (Å²) in [5, 5.41) is 3.71. The van der Waals surface area contributed by atoms with Gasteiger partial charge in [-0.15, -0.1) is 0 Å². The minimum absolute atomic E-state index is 0.286. The number of fused-ring (bicyclic) bond motifs is 1. The lowest BCUT2D eigenvalue weighted by Crippen LogP contribution is -2.33. The fourth-order valence-corrected chi connectivity index (χ4v) is 3.47. The van der Waals surface area contributed by atoms with Crippen LogP contribution in [0.5, 0.6) is 5.75 Å². The lowest BCUT2D eigenvalue weighted by Gasteiger charge is -2.36.